The molecule has 0 aliphatic heterocycles. The lowest BCUT2D eigenvalue weighted by Crippen LogP contribution is -2.53. The number of nitrogens with two attached hydrogens (primary N) is 1. The van der Waals surface area contributed by atoms with Gasteiger partial charge in [-0.15, -0.1) is 0 Å². The fourth-order valence-electron chi connectivity index (χ4n) is 1.23. The van der Waals surface area contributed by atoms with Crippen molar-refractivity contribution < 1.29 is 9.90 Å². The number of aliphatic hydroxyl groups is 1. The van der Waals surface area contributed by atoms with Crippen LogP contribution < -0.4 is 11.1 Å². The summed E-state index contributed by atoms with van der Waals surface area (Å²) in [4.78, 5) is 11.2. The highest BCUT2D eigenvalue weighted by Gasteiger charge is 2.28. The number of primary amides is 1. The minimum Gasteiger partial charge on any atom is -0.396 e. The molecule has 1 unspecified atom stereocenters. The van der Waals surface area contributed by atoms with E-state index in [1.165, 1.54) is 0 Å². The molecule has 4 N–H and O–H groups in total. The molecule has 1 amide bonds. The summed E-state index contributed by atoms with van der Waals surface area (Å²) in [5.41, 5.74) is 4.75. The van der Waals surface area contributed by atoms with E-state index in [-0.39, 0.29) is 12.5 Å². The Bertz CT molecular complexity index is 190. The molecule has 0 fully saturated rings. The van der Waals surface area contributed by atoms with Gasteiger partial charge >= 0.3 is 0 Å². The standard InChI is InChI=1S/C10H22N2O2S/c1-3-12-10(2,9(11)14)5-8-15-7-4-6-13/h12-13H,3-8H2,1-2H3,(H2,11,14). The van der Waals surface area contributed by atoms with E-state index in [1.807, 2.05) is 13.8 Å². The van der Waals surface area contributed by atoms with Crippen molar-refractivity contribution in [3.63, 3.8) is 0 Å². The van der Waals surface area contributed by atoms with Crippen molar-refractivity contribution in [2.75, 3.05) is 24.7 Å². The van der Waals surface area contributed by atoms with Gasteiger partial charge in [-0.1, -0.05) is 6.92 Å². The number of amides is 1. The van der Waals surface area contributed by atoms with E-state index in [0.29, 0.717) is 0 Å². The largest absolute Gasteiger partial charge is 0.396 e. The Kier molecular flexibility index (Phi) is 7.82. The summed E-state index contributed by atoms with van der Waals surface area (Å²) in [6.07, 6.45) is 1.53. The molecule has 0 saturated heterocycles. The summed E-state index contributed by atoms with van der Waals surface area (Å²) in [5, 5.41) is 11.7. The van der Waals surface area contributed by atoms with Crippen LogP contribution in [0.3, 0.4) is 0 Å². The second-order valence-corrected chi connectivity index (χ2v) is 4.89. The highest BCUT2D eigenvalue weighted by atomic mass is 32.2. The van der Waals surface area contributed by atoms with Crippen molar-refractivity contribution in [3.8, 4) is 0 Å². The molecular weight excluding hydrogens is 212 g/mol. The summed E-state index contributed by atoms with van der Waals surface area (Å²) < 4.78 is 0. The Labute approximate surface area is 96.0 Å². The Morgan fingerprint density at radius 1 is 1.53 bits per heavy atom. The number of rotatable bonds is 9. The van der Waals surface area contributed by atoms with Crippen LogP contribution in [0.1, 0.15) is 26.7 Å². The zero-order valence-electron chi connectivity index (χ0n) is 9.58. The zero-order chi connectivity index (χ0) is 11.7. The molecule has 0 bridgehead atoms. The topological polar surface area (TPSA) is 75.3 Å². The fourth-order valence-corrected chi connectivity index (χ4v) is 2.32. The zero-order valence-corrected chi connectivity index (χ0v) is 10.4. The van der Waals surface area contributed by atoms with Gasteiger partial charge in [0.25, 0.3) is 0 Å². The maximum atomic E-state index is 11.2. The van der Waals surface area contributed by atoms with Crippen LogP contribution in [-0.4, -0.2) is 41.2 Å². The average Bonchev–Trinajstić information content (AvgIpc) is 2.18. The monoisotopic (exact) mass is 234 g/mol. The highest BCUT2D eigenvalue weighted by molar-refractivity contribution is 7.99. The smallest absolute Gasteiger partial charge is 0.237 e. The molecule has 0 aliphatic carbocycles. The van der Waals surface area contributed by atoms with E-state index in [1.54, 1.807) is 11.8 Å². The second-order valence-electron chi connectivity index (χ2n) is 3.67. The third-order valence-corrected chi connectivity index (χ3v) is 3.37. The molecule has 0 aromatic carbocycles. The molecule has 15 heavy (non-hydrogen) atoms. The first-order valence-electron chi connectivity index (χ1n) is 5.30. The number of nitrogens with one attached hydrogen (secondary N) is 1. The lowest BCUT2D eigenvalue weighted by Gasteiger charge is -2.26. The van der Waals surface area contributed by atoms with Gasteiger partial charge < -0.3 is 16.2 Å². The fraction of sp³-hybridized carbons (Fsp3) is 0.900. The van der Waals surface area contributed by atoms with Crippen LogP contribution in [0.2, 0.25) is 0 Å². The molecule has 90 valence electrons. The highest BCUT2D eigenvalue weighted by Crippen LogP contribution is 2.14. The molecule has 0 radical (unpaired) electrons. The predicted molar refractivity (Wildman–Crippen MR) is 64.9 cm³/mol. The third kappa shape index (κ3) is 6.02. The third-order valence-electron chi connectivity index (χ3n) is 2.30. The molecule has 0 spiro atoms. The van der Waals surface area contributed by atoms with Gasteiger partial charge in [0.15, 0.2) is 0 Å². The van der Waals surface area contributed by atoms with E-state index in [9.17, 15) is 4.79 Å². The summed E-state index contributed by atoms with van der Waals surface area (Å²) in [6.45, 7) is 4.76. The number of carbonyl (C=O) groups excluding carboxylic acids is 1. The first kappa shape index (κ1) is 14.7. The molecule has 4 nitrogen and oxygen atoms in total. The van der Waals surface area contributed by atoms with Crippen LogP contribution in [-0.2, 0) is 4.79 Å². The minimum atomic E-state index is -0.596. The van der Waals surface area contributed by atoms with Crippen molar-refractivity contribution in [1.82, 2.24) is 5.32 Å². The lowest BCUT2D eigenvalue weighted by molar-refractivity contribution is -0.123. The summed E-state index contributed by atoms with van der Waals surface area (Å²) in [6, 6.07) is 0. The number of hydrogen-bond donors (Lipinski definition) is 3. The van der Waals surface area contributed by atoms with Gasteiger partial charge in [0.05, 0.1) is 5.54 Å². The van der Waals surface area contributed by atoms with Gasteiger partial charge in [-0.2, -0.15) is 11.8 Å². The van der Waals surface area contributed by atoms with E-state index in [2.05, 4.69) is 5.32 Å². The van der Waals surface area contributed by atoms with Crippen LogP contribution >= 0.6 is 11.8 Å². The van der Waals surface area contributed by atoms with Crippen LogP contribution in [0.5, 0.6) is 0 Å². The second kappa shape index (κ2) is 7.96. The quantitative estimate of drug-likeness (QED) is 0.503. The van der Waals surface area contributed by atoms with Gasteiger partial charge in [-0.05, 0) is 37.8 Å². The van der Waals surface area contributed by atoms with Gasteiger partial charge in [0.1, 0.15) is 0 Å². The van der Waals surface area contributed by atoms with Crippen LogP contribution in [0.25, 0.3) is 0 Å². The van der Waals surface area contributed by atoms with Crippen molar-refractivity contribution >= 4 is 17.7 Å². The number of aliphatic hydroxyl groups excluding tert-OH is 1. The van der Waals surface area contributed by atoms with Gasteiger partial charge in [-0.3, -0.25) is 4.79 Å². The van der Waals surface area contributed by atoms with E-state index in [0.717, 1.165) is 30.9 Å². The van der Waals surface area contributed by atoms with Crippen LogP contribution in [0.4, 0.5) is 0 Å². The Balaban J connectivity index is 3.81. The normalized spacial score (nSPS) is 14.9. The van der Waals surface area contributed by atoms with Crippen molar-refractivity contribution in [3.05, 3.63) is 0 Å². The summed E-state index contributed by atoms with van der Waals surface area (Å²) >= 11 is 1.74. The molecule has 0 saturated carbocycles. The number of carbonyl (C=O) groups is 1. The van der Waals surface area contributed by atoms with Crippen LogP contribution in [0.15, 0.2) is 0 Å². The SMILES string of the molecule is CCNC(C)(CCSCCCO)C(N)=O. The maximum absolute atomic E-state index is 11.2. The molecule has 1 atom stereocenters. The molecule has 0 rings (SSSR count). The number of thioether (sulfide) groups is 1. The predicted octanol–water partition coefficient (Wildman–Crippen LogP) is 0.346. The molecule has 0 aliphatic rings. The minimum absolute atomic E-state index is 0.229. The summed E-state index contributed by atoms with van der Waals surface area (Å²) in [5.74, 6) is 1.51. The maximum Gasteiger partial charge on any atom is 0.237 e. The van der Waals surface area contributed by atoms with Crippen molar-refractivity contribution in [1.29, 1.82) is 0 Å². The Hall–Kier alpha value is -0.260. The van der Waals surface area contributed by atoms with Crippen molar-refractivity contribution in [2.24, 2.45) is 5.73 Å². The summed E-state index contributed by atoms with van der Waals surface area (Å²) in [7, 11) is 0. The number of hydrogen-bond acceptors (Lipinski definition) is 4. The molecule has 5 heteroatoms. The Morgan fingerprint density at radius 3 is 2.67 bits per heavy atom. The van der Waals surface area contributed by atoms with Crippen LogP contribution in [0, 0.1) is 0 Å². The number of likely N-dealkylation sites (N-methyl/N-ethyl adjacent to an activating group) is 1. The first-order valence-corrected chi connectivity index (χ1v) is 6.46. The molecule has 0 heterocycles. The van der Waals surface area contributed by atoms with Crippen molar-refractivity contribution in [2.45, 2.75) is 32.2 Å². The Morgan fingerprint density at radius 2 is 2.20 bits per heavy atom. The molecule has 0 aromatic heterocycles. The van der Waals surface area contributed by atoms with E-state index in [4.69, 9.17) is 10.8 Å². The van der Waals surface area contributed by atoms with E-state index < -0.39 is 5.54 Å². The lowest BCUT2D eigenvalue weighted by atomic mass is 9.98. The van der Waals surface area contributed by atoms with Gasteiger partial charge in [-0.25, -0.2) is 0 Å². The molecular formula is C10H22N2O2S. The first-order chi connectivity index (χ1) is 7.06. The van der Waals surface area contributed by atoms with E-state index >= 15 is 0 Å². The van der Waals surface area contributed by atoms with Gasteiger partial charge in [0, 0.05) is 6.61 Å². The average molecular weight is 234 g/mol. The van der Waals surface area contributed by atoms with Gasteiger partial charge in [0.2, 0.25) is 5.91 Å². The molecule has 0 aromatic rings.